The van der Waals surface area contributed by atoms with Gasteiger partial charge in [-0.25, -0.2) is 13.9 Å². The summed E-state index contributed by atoms with van der Waals surface area (Å²) in [7, 11) is 0. The van der Waals surface area contributed by atoms with E-state index in [2.05, 4.69) is 20.4 Å². The maximum atomic E-state index is 13.1. The molecule has 6 nitrogen and oxygen atoms in total. The molecule has 1 N–H and O–H groups in total. The van der Waals surface area contributed by atoms with E-state index >= 15 is 0 Å². The molecule has 1 aromatic carbocycles. The van der Waals surface area contributed by atoms with E-state index in [1.54, 1.807) is 16.8 Å². The second kappa shape index (κ2) is 8.02. The Morgan fingerprint density at radius 2 is 1.97 bits per heavy atom. The third kappa shape index (κ3) is 3.91. The second-order valence-electron chi connectivity index (χ2n) is 7.25. The van der Waals surface area contributed by atoms with Crippen LogP contribution in [0.5, 0.6) is 0 Å². The quantitative estimate of drug-likeness (QED) is 0.540. The Morgan fingerprint density at radius 3 is 2.63 bits per heavy atom. The van der Waals surface area contributed by atoms with Gasteiger partial charge in [0.25, 0.3) is 5.91 Å². The van der Waals surface area contributed by atoms with Crippen molar-refractivity contribution in [2.75, 3.05) is 0 Å². The summed E-state index contributed by atoms with van der Waals surface area (Å²) in [6.45, 7) is 5.83. The van der Waals surface area contributed by atoms with Crippen molar-refractivity contribution in [1.29, 1.82) is 0 Å². The molecule has 0 radical (unpaired) electrons. The number of hydrogen-bond acceptors (Lipinski definition) is 4. The summed E-state index contributed by atoms with van der Waals surface area (Å²) in [5.41, 5.74) is 4.70. The average Bonchev–Trinajstić information content (AvgIpc) is 3.17. The van der Waals surface area contributed by atoms with E-state index in [1.807, 2.05) is 51.1 Å². The zero-order chi connectivity index (χ0) is 21.3. The maximum Gasteiger partial charge on any atom is 0.253 e. The van der Waals surface area contributed by atoms with Gasteiger partial charge in [-0.3, -0.25) is 9.78 Å². The summed E-state index contributed by atoms with van der Waals surface area (Å²) in [5.74, 6) is 0.0330. The Morgan fingerprint density at radius 1 is 1.20 bits per heavy atom. The molecule has 0 aliphatic heterocycles. The molecule has 0 spiro atoms. The number of hydrogen-bond donors (Lipinski definition) is 1. The molecule has 0 aliphatic rings. The highest BCUT2D eigenvalue weighted by Crippen LogP contribution is 2.26. The van der Waals surface area contributed by atoms with Crippen molar-refractivity contribution >= 4 is 11.6 Å². The molecule has 3 heterocycles. The summed E-state index contributed by atoms with van der Waals surface area (Å²) in [4.78, 5) is 21.6. The summed E-state index contributed by atoms with van der Waals surface area (Å²) < 4.78 is 14.8. The van der Waals surface area contributed by atoms with Gasteiger partial charge in [0, 0.05) is 18.2 Å². The predicted molar refractivity (Wildman–Crippen MR) is 113 cm³/mol. The maximum absolute atomic E-state index is 13.1. The number of carbonyl (C=O) groups excluding carboxylic acids is 1. The van der Waals surface area contributed by atoms with Gasteiger partial charge in [-0.15, -0.1) is 0 Å². The van der Waals surface area contributed by atoms with E-state index in [0.717, 1.165) is 22.9 Å². The van der Waals surface area contributed by atoms with Gasteiger partial charge < -0.3 is 5.32 Å². The van der Waals surface area contributed by atoms with Crippen LogP contribution in [0, 0.1) is 12.7 Å². The van der Waals surface area contributed by atoms with E-state index in [1.165, 1.54) is 6.07 Å². The number of benzene rings is 1. The lowest BCUT2D eigenvalue weighted by Crippen LogP contribution is -2.27. The van der Waals surface area contributed by atoms with Crippen LogP contribution in [0.3, 0.4) is 0 Å². The van der Waals surface area contributed by atoms with Crippen molar-refractivity contribution in [1.82, 2.24) is 24.9 Å². The Labute approximate surface area is 173 Å². The van der Waals surface area contributed by atoms with Crippen molar-refractivity contribution in [3.8, 4) is 11.1 Å². The minimum Gasteiger partial charge on any atom is -0.344 e. The fourth-order valence-corrected chi connectivity index (χ4v) is 3.25. The Balaban J connectivity index is 1.72. The number of carbonyl (C=O) groups is 1. The van der Waals surface area contributed by atoms with Crippen molar-refractivity contribution in [3.05, 3.63) is 83.3 Å². The van der Waals surface area contributed by atoms with Crippen LogP contribution in [-0.4, -0.2) is 25.5 Å². The molecule has 0 bridgehead atoms. The zero-order valence-corrected chi connectivity index (χ0v) is 17.1. The van der Waals surface area contributed by atoms with Gasteiger partial charge in [-0.2, -0.15) is 5.10 Å². The molecule has 1 amide bonds. The molecule has 1 atom stereocenters. The molecule has 7 heteroatoms. The van der Waals surface area contributed by atoms with E-state index in [0.29, 0.717) is 29.1 Å². The molecule has 3 aromatic heterocycles. The number of amides is 1. The lowest BCUT2D eigenvalue weighted by atomic mass is 10.0. The number of aromatic nitrogens is 4. The molecule has 0 saturated heterocycles. The normalized spacial score (nSPS) is 12.1. The minimum atomic E-state index is -0.414. The summed E-state index contributed by atoms with van der Waals surface area (Å²) in [6.07, 6.45) is 3.52. The Hall–Kier alpha value is -3.61. The highest BCUT2D eigenvalue weighted by atomic mass is 19.1. The molecule has 0 aliphatic carbocycles. The molecule has 30 heavy (non-hydrogen) atoms. The molecule has 0 saturated carbocycles. The van der Waals surface area contributed by atoms with Crippen molar-refractivity contribution in [2.24, 2.45) is 0 Å². The van der Waals surface area contributed by atoms with E-state index in [-0.39, 0.29) is 11.9 Å². The van der Waals surface area contributed by atoms with Crippen LogP contribution in [-0.2, 0) is 6.42 Å². The largest absolute Gasteiger partial charge is 0.344 e. The van der Waals surface area contributed by atoms with Crippen LogP contribution in [0.2, 0.25) is 0 Å². The van der Waals surface area contributed by atoms with E-state index in [4.69, 9.17) is 0 Å². The molecule has 0 unspecified atom stereocenters. The van der Waals surface area contributed by atoms with Crippen LogP contribution in [0.4, 0.5) is 4.39 Å². The van der Waals surface area contributed by atoms with Gasteiger partial charge >= 0.3 is 0 Å². The van der Waals surface area contributed by atoms with Crippen molar-refractivity contribution in [3.63, 3.8) is 0 Å². The van der Waals surface area contributed by atoms with Crippen LogP contribution < -0.4 is 5.32 Å². The molecular weight excluding hydrogens is 381 g/mol. The first-order valence-corrected chi connectivity index (χ1v) is 9.83. The standard InChI is InChI=1S/C23H22FN5O/c1-4-21-27-22-19(16-7-5-14(2)6-8-16)11-17(13-29(22)28-21)23(30)26-15(3)20-10-9-18(24)12-25-20/h5-13,15H,4H2,1-3H3,(H,26,30)/t15-/m1/s1. The fourth-order valence-electron chi connectivity index (χ4n) is 3.25. The zero-order valence-electron chi connectivity index (χ0n) is 17.1. The molecule has 4 aromatic rings. The number of pyridine rings is 2. The van der Waals surface area contributed by atoms with Gasteiger partial charge in [0.05, 0.1) is 23.5 Å². The monoisotopic (exact) mass is 403 g/mol. The number of halogens is 1. The van der Waals surface area contributed by atoms with Crippen LogP contribution >= 0.6 is 0 Å². The Kier molecular flexibility index (Phi) is 5.27. The smallest absolute Gasteiger partial charge is 0.253 e. The predicted octanol–water partition coefficient (Wildman–Crippen LogP) is 4.29. The third-order valence-electron chi connectivity index (χ3n) is 4.96. The molecular formula is C23H22FN5O. The van der Waals surface area contributed by atoms with Gasteiger partial charge in [0.2, 0.25) is 0 Å². The van der Waals surface area contributed by atoms with Crippen LogP contribution in [0.15, 0.2) is 54.9 Å². The third-order valence-corrected chi connectivity index (χ3v) is 4.96. The fraction of sp³-hybridized carbons (Fsp3) is 0.217. The average molecular weight is 403 g/mol. The van der Waals surface area contributed by atoms with Gasteiger partial charge in [-0.05, 0) is 37.6 Å². The Bertz CT molecular complexity index is 1200. The van der Waals surface area contributed by atoms with Crippen molar-refractivity contribution < 1.29 is 9.18 Å². The number of nitrogens with one attached hydrogen (secondary N) is 1. The first-order valence-electron chi connectivity index (χ1n) is 9.83. The van der Waals surface area contributed by atoms with E-state index < -0.39 is 5.82 Å². The summed E-state index contributed by atoms with van der Waals surface area (Å²) in [6, 6.07) is 12.4. The van der Waals surface area contributed by atoms with Gasteiger partial charge in [-0.1, -0.05) is 36.8 Å². The number of aryl methyl sites for hydroxylation is 2. The first-order chi connectivity index (χ1) is 14.4. The van der Waals surface area contributed by atoms with Crippen molar-refractivity contribution in [2.45, 2.75) is 33.2 Å². The lowest BCUT2D eigenvalue weighted by Gasteiger charge is -2.14. The second-order valence-corrected chi connectivity index (χ2v) is 7.25. The topological polar surface area (TPSA) is 72.2 Å². The number of nitrogens with zero attached hydrogens (tertiary/aromatic N) is 4. The highest BCUT2D eigenvalue weighted by molar-refractivity contribution is 5.96. The molecule has 0 fully saturated rings. The van der Waals surface area contributed by atoms with E-state index in [9.17, 15) is 9.18 Å². The summed E-state index contributed by atoms with van der Waals surface area (Å²) in [5, 5.41) is 7.42. The first kappa shape index (κ1) is 19.7. The minimum absolute atomic E-state index is 0.266. The highest BCUT2D eigenvalue weighted by Gasteiger charge is 2.17. The SMILES string of the molecule is CCc1nc2c(-c3ccc(C)cc3)cc(C(=O)N[C@H](C)c3ccc(F)cn3)cn2n1. The molecule has 4 rings (SSSR count). The van der Waals surface area contributed by atoms with Gasteiger partial charge in [0.1, 0.15) is 5.82 Å². The van der Waals surface area contributed by atoms with Gasteiger partial charge in [0.15, 0.2) is 11.5 Å². The van der Waals surface area contributed by atoms with Crippen LogP contribution in [0.25, 0.3) is 16.8 Å². The lowest BCUT2D eigenvalue weighted by molar-refractivity contribution is 0.0938. The van der Waals surface area contributed by atoms with Crippen LogP contribution in [0.1, 0.15) is 47.3 Å². The number of fused-ring (bicyclic) bond motifs is 1. The number of rotatable bonds is 5. The molecule has 152 valence electrons. The summed E-state index contributed by atoms with van der Waals surface area (Å²) >= 11 is 0.